The minimum atomic E-state index is -0.0218. The summed E-state index contributed by atoms with van der Waals surface area (Å²) in [6.45, 7) is 2.06. The van der Waals surface area contributed by atoms with Crippen LogP contribution < -0.4 is 9.47 Å². The Morgan fingerprint density at radius 3 is 2.27 bits per heavy atom. The summed E-state index contributed by atoms with van der Waals surface area (Å²) >= 11 is 1.69. The van der Waals surface area contributed by atoms with E-state index in [1.807, 2.05) is 30.3 Å². The average molecular weight is 366 g/mol. The van der Waals surface area contributed by atoms with Crippen LogP contribution in [0.5, 0.6) is 11.5 Å². The third-order valence-electron chi connectivity index (χ3n) is 4.20. The summed E-state index contributed by atoms with van der Waals surface area (Å²) in [4.78, 5) is 2.25. The van der Waals surface area contributed by atoms with E-state index in [0.717, 1.165) is 26.5 Å². The first-order valence-electron chi connectivity index (χ1n) is 8.36. The molecule has 4 heteroatoms. The predicted octanol–water partition coefficient (Wildman–Crippen LogP) is 5.32. The fraction of sp³-hybridized carbons (Fsp3) is 0.182. The van der Waals surface area contributed by atoms with Crippen LogP contribution in [0.3, 0.4) is 0 Å². The largest absolute Gasteiger partial charge is 0.493 e. The highest BCUT2D eigenvalue weighted by molar-refractivity contribution is 7.99. The van der Waals surface area contributed by atoms with Gasteiger partial charge in [-0.1, -0.05) is 47.7 Å². The molecule has 0 spiro atoms. The highest BCUT2D eigenvalue weighted by Gasteiger charge is 2.14. The third-order valence-corrected chi connectivity index (χ3v) is 5.27. The second-order valence-corrected chi connectivity index (χ2v) is 7.05. The van der Waals surface area contributed by atoms with Gasteiger partial charge in [0.2, 0.25) is 0 Å². The van der Waals surface area contributed by atoms with E-state index < -0.39 is 0 Å². The number of benzene rings is 3. The van der Waals surface area contributed by atoms with Crippen molar-refractivity contribution < 1.29 is 14.6 Å². The van der Waals surface area contributed by atoms with Crippen molar-refractivity contribution in [2.75, 3.05) is 14.2 Å². The van der Waals surface area contributed by atoms with Gasteiger partial charge in [0.25, 0.3) is 0 Å². The molecule has 0 saturated heterocycles. The van der Waals surface area contributed by atoms with E-state index in [2.05, 4.69) is 37.3 Å². The molecule has 0 atom stereocenters. The predicted molar refractivity (Wildman–Crippen MR) is 106 cm³/mol. The zero-order valence-electron chi connectivity index (χ0n) is 15.2. The summed E-state index contributed by atoms with van der Waals surface area (Å²) < 4.78 is 10.8. The molecule has 134 valence electrons. The lowest BCUT2D eigenvalue weighted by Crippen LogP contribution is -1.95. The Bertz CT molecular complexity index is 888. The minimum absolute atomic E-state index is 0.0218. The number of rotatable bonds is 6. The van der Waals surface area contributed by atoms with Crippen LogP contribution in [-0.4, -0.2) is 19.3 Å². The molecule has 0 aliphatic heterocycles. The van der Waals surface area contributed by atoms with Crippen molar-refractivity contribution in [1.29, 1.82) is 0 Å². The first-order valence-corrected chi connectivity index (χ1v) is 9.17. The average Bonchev–Trinajstić information content (AvgIpc) is 2.69. The zero-order valence-corrected chi connectivity index (χ0v) is 16.0. The number of aliphatic hydroxyl groups is 1. The van der Waals surface area contributed by atoms with Crippen LogP contribution in [-0.2, 0) is 6.61 Å². The molecule has 1 N–H and O–H groups in total. The summed E-state index contributed by atoms with van der Waals surface area (Å²) in [6, 6.07) is 20.3. The van der Waals surface area contributed by atoms with Gasteiger partial charge in [0.15, 0.2) is 11.5 Å². The molecule has 0 amide bonds. The molecule has 3 aromatic rings. The van der Waals surface area contributed by atoms with E-state index in [-0.39, 0.29) is 6.61 Å². The quantitative estimate of drug-likeness (QED) is 0.640. The molecule has 3 aromatic carbocycles. The normalized spacial score (nSPS) is 10.6. The summed E-state index contributed by atoms with van der Waals surface area (Å²) in [5.74, 6) is 1.36. The van der Waals surface area contributed by atoms with Crippen molar-refractivity contribution in [3.8, 4) is 22.6 Å². The van der Waals surface area contributed by atoms with Crippen molar-refractivity contribution in [3.05, 3.63) is 71.8 Å². The summed E-state index contributed by atoms with van der Waals surface area (Å²) in [5.41, 5.74) is 4.12. The summed E-state index contributed by atoms with van der Waals surface area (Å²) in [7, 11) is 3.25. The third kappa shape index (κ3) is 3.87. The van der Waals surface area contributed by atoms with E-state index in [0.29, 0.717) is 11.5 Å². The van der Waals surface area contributed by atoms with Gasteiger partial charge < -0.3 is 14.6 Å². The molecular formula is C22H22O3S. The Morgan fingerprint density at radius 1 is 0.885 bits per heavy atom. The van der Waals surface area contributed by atoms with Gasteiger partial charge in [-0.2, -0.15) is 0 Å². The lowest BCUT2D eigenvalue weighted by molar-refractivity contribution is 0.282. The standard InChI is InChI=1S/C22H22O3S/c1-15-7-10-18(11-8-15)26-21-6-4-5-17(14-23)22(21)16-9-12-19(24-2)20(13-16)25-3/h4-13,23H,14H2,1-3H3. The Kier molecular flexibility index (Phi) is 5.86. The van der Waals surface area contributed by atoms with Crippen LogP contribution in [0.25, 0.3) is 11.1 Å². The van der Waals surface area contributed by atoms with Gasteiger partial charge in [0.05, 0.1) is 20.8 Å². The molecule has 0 unspecified atom stereocenters. The van der Waals surface area contributed by atoms with E-state index in [1.165, 1.54) is 5.56 Å². The van der Waals surface area contributed by atoms with Gasteiger partial charge in [0, 0.05) is 15.4 Å². The van der Waals surface area contributed by atoms with Crippen molar-refractivity contribution in [2.45, 2.75) is 23.3 Å². The van der Waals surface area contributed by atoms with Gasteiger partial charge in [-0.25, -0.2) is 0 Å². The number of hydrogen-bond acceptors (Lipinski definition) is 4. The number of hydrogen-bond donors (Lipinski definition) is 1. The van der Waals surface area contributed by atoms with E-state index in [9.17, 15) is 5.11 Å². The second kappa shape index (κ2) is 8.30. The maximum absolute atomic E-state index is 9.87. The first kappa shape index (κ1) is 18.4. The SMILES string of the molecule is COc1ccc(-c2c(CO)cccc2Sc2ccc(C)cc2)cc1OC. The van der Waals surface area contributed by atoms with Gasteiger partial charge in [-0.15, -0.1) is 0 Å². The molecule has 0 heterocycles. The van der Waals surface area contributed by atoms with E-state index >= 15 is 0 Å². The highest BCUT2D eigenvalue weighted by Crippen LogP contribution is 2.41. The lowest BCUT2D eigenvalue weighted by Gasteiger charge is -2.16. The fourth-order valence-electron chi connectivity index (χ4n) is 2.85. The van der Waals surface area contributed by atoms with Crippen LogP contribution in [0.1, 0.15) is 11.1 Å². The highest BCUT2D eigenvalue weighted by atomic mass is 32.2. The minimum Gasteiger partial charge on any atom is -0.493 e. The molecule has 0 aliphatic carbocycles. The van der Waals surface area contributed by atoms with Crippen molar-refractivity contribution >= 4 is 11.8 Å². The lowest BCUT2D eigenvalue weighted by atomic mass is 9.99. The van der Waals surface area contributed by atoms with Crippen molar-refractivity contribution in [3.63, 3.8) is 0 Å². The molecule has 0 saturated carbocycles. The van der Waals surface area contributed by atoms with Crippen molar-refractivity contribution in [2.24, 2.45) is 0 Å². The Morgan fingerprint density at radius 2 is 1.62 bits per heavy atom. The molecule has 3 rings (SSSR count). The van der Waals surface area contributed by atoms with Crippen LogP contribution in [0.15, 0.2) is 70.5 Å². The van der Waals surface area contributed by atoms with Crippen LogP contribution >= 0.6 is 11.8 Å². The molecule has 26 heavy (non-hydrogen) atoms. The van der Waals surface area contributed by atoms with E-state index in [4.69, 9.17) is 9.47 Å². The fourth-order valence-corrected chi connectivity index (χ4v) is 3.87. The van der Waals surface area contributed by atoms with Gasteiger partial charge >= 0.3 is 0 Å². The van der Waals surface area contributed by atoms with Crippen LogP contribution in [0, 0.1) is 6.92 Å². The molecule has 0 radical (unpaired) electrons. The Labute approximate surface area is 158 Å². The van der Waals surface area contributed by atoms with Gasteiger partial charge in [-0.3, -0.25) is 0 Å². The molecule has 0 aliphatic rings. The van der Waals surface area contributed by atoms with E-state index in [1.54, 1.807) is 26.0 Å². The van der Waals surface area contributed by atoms with Crippen molar-refractivity contribution in [1.82, 2.24) is 0 Å². The topological polar surface area (TPSA) is 38.7 Å². The molecular weight excluding hydrogens is 344 g/mol. The second-order valence-electron chi connectivity index (χ2n) is 5.93. The number of ether oxygens (including phenoxy) is 2. The number of methoxy groups -OCH3 is 2. The smallest absolute Gasteiger partial charge is 0.161 e. The maximum atomic E-state index is 9.87. The van der Waals surface area contributed by atoms with Crippen LogP contribution in [0.4, 0.5) is 0 Å². The number of aliphatic hydroxyl groups excluding tert-OH is 1. The Hall–Kier alpha value is -2.43. The van der Waals surface area contributed by atoms with Gasteiger partial charge in [-0.05, 0) is 48.4 Å². The van der Waals surface area contributed by atoms with Gasteiger partial charge in [0.1, 0.15) is 0 Å². The first-order chi connectivity index (χ1) is 12.7. The zero-order chi connectivity index (χ0) is 18.5. The van der Waals surface area contributed by atoms with Crippen LogP contribution in [0.2, 0.25) is 0 Å². The molecule has 3 nitrogen and oxygen atoms in total. The molecule has 0 fully saturated rings. The number of aryl methyl sites for hydroxylation is 1. The monoisotopic (exact) mass is 366 g/mol. The summed E-state index contributed by atoms with van der Waals surface area (Å²) in [6.07, 6.45) is 0. The maximum Gasteiger partial charge on any atom is 0.161 e. The Balaban J connectivity index is 2.09. The summed E-state index contributed by atoms with van der Waals surface area (Å²) in [5, 5.41) is 9.87. The molecule has 0 aromatic heterocycles. The molecule has 0 bridgehead atoms.